The predicted molar refractivity (Wildman–Crippen MR) is 74.8 cm³/mol. The van der Waals surface area contributed by atoms with E-state index in [2.05, 4.69) is 6.07 Å². The molecule has 0 radical (unpaired) electrons. The van der Waals surface area contributed by atoms with E-state index in [-0.39, 0.29) is 11.8 Å². The highest BCUT2D eigenvalue weighted by Crippen LogP contribution is 2.26. The molecule has 0 saturated heterocycles. The fourth-order valence-corrected chi connectivity index (χ4v) is 1.78. The van der Waals surface area contributed by atoms with Crippen molar-refractivity contribution in [1.29, 1.82) is 5.26 Å². The fraction of sp³-hybridized carbons (Fsp3) is 0.188. The van der Waals surface area contributed by atoms with Crippen molar-refractivity contribution in [2.24, 2.45) is 5.73 Å². The van der Waals surface area contributed by atoms with E-state index in [1.807, 2.05) is 0 Å². The van der Waals surface area contributed by atoms with Crippen LogP contribution in [0.5, 0.6) is 11.5 Å². The molecule has 4 heteroatoms. The van der Waals surface area contributed by atoms with E-state index >= 15 is 0 Å². The number of benzene rings is 2. The third-order valence-electron chi connectivity index (χ3n) is 2.92. The van der Waals surface area contributed by atoms with Crippen molar-refractivity contribution < 1.29 is 9.13 Å². The van der Waals surface area contributed by atoms with Gasteiger partial charge in [-0.05, 0) is 42.3 Å². The first-order valence-electron chi connectivity index (χ1n) is 6.29. The number of rotatable bonds is 4. The van der Waals surface area contributed by atoms with E-state index < -0.39 is 5.82 Å². The van der Waals surface area contributed by atoms with Crippen LogP contribution in [-0.4, -0.2) is 0 Å². The van der Waals surface area contributed by atoms with Crippen molar-refractivity contribution in [2.45, 2.75) is 19.4 Å². The summed E-state index contributed by atoms with van der Waals surface area (Å²) >= 11 is 0. The molecule has 0 aliphatic carbocycles. The molecule has 0 aliphatic heterocycles. The zero-order valence-electron chi connectivity index (χ0n) is 11.1. The van der Waals surface area contributed by atoms with E-state index in [0.717, 1.165) is 11.1 Å². The van der Waals surface area contributed by atoms with Crippen LogP contribution >= 0.6 is 0 Å². The first kappa shape index (κ1) is 14.0. The quantitative estimate of drug-likeness (QED) is 0.921. The van der Waals surface area contributed by atoms with Gasteiger partial charge in [-0.3, -0.25) is 0 Å². The molecule has 2 rings (SSSR count). The molecule has 2 aromatic carbocycles. The molecule has 2 aromatic rings. The van der Waals surface area contributed by atoms with Crippen LogP contribution in [0.1, 0.15) is 24.1 Å². The lowest BCUT2D eigenvalue weighted by molar-refractivity contribution is 0.441. The van der Waals surface area contributed by atoms with E-state index in [4.69, 9.17) is 15.7 Å². The Bertz CT molecular complexity index is 630. The topological polar surface area (TPSA) is 59.0 Å². The third kappa shape index (κ3) is 3.34. The van der Waals surface area contributed by atoms with Crippen LogP contribution in [0.3, 0.4) is 0 Å². The molecule has 0 spiro atoms. The van der Waals surface area contributed by atoms with E-state index in [1.165, 1.54) is 6.07 Å². The van der Waals surface area contributed by atoms with Crippen LogP contribution < -0.4 is 10.5 Å². The number of hydrogen-bond donors (Lipinski definition) is 1. The maximum atomic E-state index is 13.9. The lowest BCUT2D eigenvalue weighted by atomic mass is 10.1. The highest BCUT2D eigenvalue weighted by atomic mass is 19.1. The summed E-state index contributed by atoms with van der Waals surface area (Å²) in [5.74, 6) is 0.238. The average molecular weight is 270 g/mol. The van der Waals surface area contributed by atoms with Gasteiger partial charge in [-0.2, -0.15) is 5.26 Å². The molecule has 0 saturated carbocycles. The summed E-state index contributed by atoms with van der Waals surface area (Å²) in [5.41, 5.74) is 7.31. The molecule has 0 amide bonds. The maximum Gasteiger partial charge on any atom is 0.166 e. The van der Waals surface area contributed by atoms with Crippen molar-refractivity contribution in [3.05, 3.63) is 59.4 Å². The number of ether oxygens (including phenoxy) is 1. The molecule has 0 fully saturated rings. The van der Waals surface area contributed by atoms with Gasteiger partial charge in [-0.25, -0.2) is 4.39 Å². The standard InChI is InChI=1S/C16H15FN2O/c1-11(19)13-4-7-16(15(17)10-13)20-14-5-2-12(3-6-14)8-9-18/h2-7,10-11H,8,19H2,1H3/t11-/m1/s1. The lowest BCUT2D eigenvalue weighted by Crippen LogP contribution is -2.05. The fourth-order valence-electron chi connectivity index (χ4n) is 1.78. The van der Waals surface area contributed by atoms with Crippen LogP contribution in [0.25, 0.3) is 0 Å². The minimum absolute atomic E-state index is 0.155. The van der Waals surface area contributed by atoms with Crippen LogP contribution in [0, 0.1) is 17.1 Å². The first-order chi connectivity index (χ1) is 9.60. The summed E-state index contributed by atoms with van der Waals surface area (Å²) in [6.07, 6.45) is 0.345. The van der Waals surface area contributed by atoms with Gasteiger partial charge in [0, 0.05) is 6.04 Å². The Kier molecular flexibility index (Phi) is 4.34. The Morgan fingerprint density at radius 1 is 1.25 bits per heavy atom. The Hall–Kier alpha value is -2.38. The maximum absolute atomic E-state index is 13.9. The minimum Gasteiger partial charge on any atom is -0.454 e. The lowest BCUT2D eigenvalue weighted by Gasteiger charge is -2.10. The molecule has 3 nitrogen and oxygen atoms in total. The van der Waals surface area contributed by atoms with E-state index in [0.29, 0.717) is 12.2 Å². The zero-order valence-corrected chi connectivity index (χ0v) is 11.1. The normalized spacial score (nSPS) is 11.7. The average Bonchev–Trinajstić information content (AvgIpc) is 2.43. The largest absolute Gasteiger partial charge is 0.454 e. The summed E-state index contributed by atoms with van der Waals surface area (Å²) < 4.78 is 19.4. The Labute approximate surface area is 117 Å². The van der Waals surface area contributed by atoms with Gasteiger partial charge in [0.1, 0.15) is 5.75 Å². The zero-order chi connectivity index (χ0) is 14.5. The van der Waals surface area contributed by atoms with Crippen molar-refractivity contribution in [3.8, 4) is 17.6 Å². The Morgan fingerprint density at radius 3 is 2.50 bits per heavy atom. The molecular formula is C16H15FN2O. The molecular weight excluding hydrogens is 255 g/mol. The number of nitrogens with two attached hydrogens (primary N) is 1. The molecule has 0 heterocycles. The first-order valence-corrected chi connectivity index (χ1v) is 6.29. The highest BCUT2D eigenvalue weighted by Gasteiger charge is 2.08. The number of nitrogens with zero attached hydrogens (tertiary/aromatic N) is 1. The van der Waals surface area contributed by atoms with E-state index in [9.17, 15) is 4.39 Å². The molecule has 20 heavy (non-hydrogen) atoms. The van der Waals surface area contributed by atoms with E-state index in [1.54, 1.807) is 43.3 Å². The molecule has 2 N–H and O–H groups in total. The minimum atomic E-state index is -0.444. The summed E-state index contributed by atoms with van der Waals surface area (Å²) in [4.78, 5) is 0. The highest BCUT2D eigenvalue weighted by molar-refractivity contribution is 5.36. The van der Waals surface area contributed by atoms with Crippen molar-refractivity contribution in [1.82, 2.24) is 0 Å². The van der Waals surface area contributed by atoms with Crippen molar-refractivity contribution in [3.63, 3.8) is 0 Å². The second-order valence-corrected chi connectivity index (χ2v) is 4.56. The molecule has 1 atom stereocenters. The smallest absolute Gasteiger partial charge is 0.166 e. The van der Waals surface area contributed by atoms with Gasteiger partial charge in [0.2, 0.25) is 0 Å². The Morgan fingerprint density at radius 2 is 1.95 bits per heavy atom. The monoisotopic (exact) mass is 270 g/mol. The van der Waals surface area contributed by atoms with Gasteiger partial charge in [0.25, 0.3) is 0 Å². The van der Waals surface area contributed by atoms with Crippen molar-refractivity contribution in [2.75, 3.05) is 0 Å². The third-order valence-corrected chi connectivity index (χ3v) is 2.92. The van der Waals surface area contributed by atoms with Crippen LogP contribution in [0.15, 0.2) is 42.5 Å². The van der Waals surface area contributed by atoms with Gasteiger partial charge in [0.05, 0.1) is 12.5 Å². The second-order valence-electron chi connectivity index (χ2n) is 4.56. The summed E-state index contributed by atoms with van der Waals surface area (Å²) in [6.45, 7) is 1.79. The number of nitriles is 1. The predicted octanol–water partition coefficient (Wildman–Crippen LogP) is 3.70. The van der Waals surface area contributed by atoms with Gasteiger partial charge in [-0.1, -0.05) is 18.2 Å². The van der Waals surface area contributed by atoms with Gasteiger partial charge >= 0.3 is 0 Å². The number of hydrogen-bond acceptors (Lipinski definition) is 3. The van der Waals surface area contributed by atoms with Crippen LogP contribution in [0.4, 0.5) is 4.39 Å². The second kappa shape index (κ2) is 6.18. The molecule has 0 bridgehead atoms. The molecule has 0 aromatic heterocycles. The molecule has 0 aliphatic rings. The molecule has 0 unspecified atom stereocenters. The Balaban J connectivity index is 2.15. The summed E-state index contributed by atoms with van der Waals surface area (Å²) in [6, 6.07) is 13.5. The van der Waals surface area contributed by atoms with Gasteiger partial charge < -0.3 is 10.5 Å². The summed E-state index contributed by atoms with van der Waals surface area (Å²) in [5, 5.41) is 8.59. The van der Waals surface area contributed by atoms with Gasteiger partial charge in [0.15, 0.2) is 11.6 Å². The summed E-state index contributed by atoms with van der Waals surface area (Å²) in [7, 11) is 0. The molecule has 102 valence electrons. The van der Waals surface area contributed by atoms with Crippen LogP contribution in [0.2, 0.25) is 0 Å². The van der Waals surface area contributed by atoms with Crippen LogP contribution in [-0.2, 0) is 6.42 Å². The van der Waals surface area contributed by atoms with Gasteiger partial charge in [-0.15, -0.1) is 0 Å². The SMILES string of the molecule is C[C@@H](N)c1ccc(Oc2ccc(CC#N)cc2)c(F)c1. The van der Waals surface area contributed by atoms with Crippen molar-refractivity contribution >= 4 is 0 Å². The number of halogens is 1.